The largest absolute Gasteiger partial charge is 0.495 e. The summed E-state index contributed by atoms with van der Waals surface area (Å²) in [6.07, 6.45) is 46.7. The number of nitrogens with one attached hydrogen (secondary N) is 1. The molecule has 0 fully saturated rings. The van der Waals surface area contributed by atoms with E-state index in [2.05, 4.69) is 68.6 Å². The minimum absolute atomic E-state index is 0.403. The van der Waals surface area contributed by atoms with Gasteiger partial charge in [-0.15, -0.1) is 0 Å². The Kier molecular flexibility index (Phi) is 68.7. The maximum atomic E-state index is 9.76. The Hall–Kier alpha value is -1.45. The molecule has 0 aromatic heterocycles. The van der Waals surface area contributed by atoms with E-state index in [1.165, 1.54) is 238 Å². The van der Waals surface area contributed by atoms with E-state index in [4.69, 9.17) is 9.94 Å². The van der Waals surface area contributed by atoms with Crippen LogP contribution in [0.5, 0.6) is 0 Å². The highest BCUT2D eigenvalue weighted by atomic mass is 16.5. The van der Waals surface area contributed by atoms with Gasteiger partial charge in [-0.3, -0.25) is 4.79 Å². The number of allylic oxidation sites excluding steroid dienone is 1. The van der Waals surface area contributed by atoms with Gasteiger partial charge in [-0.25, -0.2) is 5.21 Å². The van der Waals surface area contributed by atoms with E-state index in [9.17, 15) is 4.79 Å². The number of hydrogen-bond donors (Lipinski definition) is 4. The van der Waals surface area contributed by atoms with Crippen LogP contribution in [0.15, 0.2) is 25.1 Å². The van der Waals surface area contributed by atoms with E-state index in [0.29, 0.717) is 19.2 Å². The Balaban J connectivity index is -0.000000695. The highest BCUT2D eigenvalue weighted by Gasteiger charge is 2.12. The molecule has 0 rings (SSSR count). The average Bonchev–Trinajstić information content (AvgIpc) is 3.25. The van der Waals surface area contributed by atoms with Crippen molar-refractivity contribution in [1.82, 2.24) is 10.2 Å². The molecular weight excluding hydrogens is 733 g/mol. The van der Waals surface area contributed by atoms with Crippen LogP contribution in [0, 0.1) is 0 Å². The van der Waals surface area contributed by atoms with Gasteiger partial charge in [0.25, 0.3) is 6.47 Å². The summed E-state index contributed by atoms with van der Waals surface area (Å²) in [5, 5.41) is 11.0. The first-order valence-corrected chi connectivity index (χ1v) is 25.4. The lowest BCUT2D eigenvalue weighted by Crippen LogP contribution is -2.73. The Bertz CT molecular complexity index is 741. The van der Waals surface area contributed by atoms with Crippen molar-refractivity contribution in [3.63, 3.8) is 0 Å². The zero-order valence-electron chi connectivity index (χ0n) is 41.0. The monoisotopic (exact) mass is 842 g/mol. The van der Waals surface area contributed by atoms with Crippen molar-refractivity contribution >= 4 is 6.47 Å². The van der Waals surface area contributed by atoms with E-state index in [-0.39, 0.29) is 0 Å². The molecule has 8 nitrogen and oxygen atoms in total. The van der Waals surface area contributed by atoms with Crippen LogP contribution < -0.4 is 16.5 Å². The summed E-state index contributed by atoms with van der Waals surface area (Å²) in [6, 6.07) is 0. The molecule has 0 aliphatic carbocycles. The summed E-state index contributed by atoms with van der Waals surface area (Å²) >= 11 is 0. The fourth-order valence-corrected chi connectivity index (χ4v) is 7.17. The van der Waals surface area contributed by atoms with E-state index >= 15 is 0 Å². The fourth-order valence-electron chi connectivity index (χ4n) is 7.17. The molecule has 0 aromatic rings. The summed E-state index contributed by atoms with van der Waals surface area (Å²) in [5.41, 5.74) is 5.39. The van der Waals surface area contributed by atoms with E-state index < -0.39 is 0 Å². The van der Waals surface area contributed by atoms with Gasteiger partial charge in [0.15, 0.2) is 0 Å². The number of hydroxylamine groups is 1. The number of carbonyl (C=O) groups is 1. The summed E-state index contributed by atoms with van der Waals surface area (Å²) in [6.45, 7) is 22.7. The number of ether oxygens (including phenoxy) is 2. The molecule has 0 atom stereocenters. The second kappa shape index (κ2) is 63.2. The van der Waals surface area contributed by atoms with Crippen molar-refractivity contribution in [2.45, 2.75) is 252 Å². The Labute approximate surface area is 370 Å². The lowest BCUT2D eigenvalue weighted by molar-refractivity contribution is -0.838. The molecule has 0 unspecified atom stereocenters. The smallest absolute Gasteiger partial charge is 0.293 e. The topological polar surface area (TPSA) is 114 Å². The second-order valence-electron chi connectivity index (χ2n) is 16.4. The quantitative estimate of drug-likeness (QED) is 0.0209. The highest BCUT2D eigenvalue weighted by molar-refractivity contribution is 5.36. The molecule has 6 N–H and O–H groups in total. The molecule has 0 saturated heterocycles. The van der Waals surface area contributed by atoms with Crippen molar-refractivity contribution < 1.29 is 25.0 Å². The van der Waals surface area contributed by atoms with Crippen LogP contribution in [0.4, 0.5) is 0 Å². The van der Waals surface area contributed by atoms with Gasteiger partial charge in [-0.05, 0) is 105 Å². The molecule has 0 bridgehead atoms. The van der Waals surface area contributed by atoms with E-state index in [1.54, 1.807) is 0 Å². The van der Waals surface area contributed by atoms with Crippen LogP contribution in [-0.2, 0) is 14.3 Å². The summed E-state index contributed by atoms with van der Waals surface area (Å²) in [5.74, 6) is 1.06. The predicted molar refractivity (Wildman–Crippen MR) is 260 cm³/mol. The Morgan fingerprint density at radius 2 is 0.966 bits per heavy atom. The molecule has 0 aliphatic heterocycles. The van der Waals surface area contributed by atoms with Crippen LogP contribution in [0.25, 0.3) is 0 Å². The zero-order chi connectivity index (χ0) is 44.6. The van der Waals surface area contributed by atoms with Crippen molar-refractivity contribution in [2.75, 3.05) is 46.9 Å². The molecule has 8 heteroatoms. The second-order valence-corrected chi connectivity index (χ2v) is 16.4. The minimum atomic E-state index is 0.403. The summed E-state index contributed by atoms with van der Waals surface area (Å²) in [4.78, 5) is 12.5. The van der Waals surface area contributed by atoms with Gasteiger partial charge in [-0.2, -0.15) is 5.48 Å². The molecule has 0 aromatic carbocycles. The van der Waals surface area contributed by atoms with Crippen molar-refractivity contribution in [3.8, 4) is 0 Å². The molecule has 0 saturated carbocycles. The molecule has 356 valence electrons. The van der Waals surface area contributed by atoms with Gasteiger partial charge in [0.1, 0.15) is 6.20 Å². The SMILES string of the molecule is C=C(CCCCCCCN(CCCCCCCC)CCCNC)OC(CCCCCCCC)CCCCCCCC.C=C[NH2+]O.CCCCCCCCCOC=O.CN. The van der Waals surface area contributed by atoms with Crippen LogP contribution in [0.3, 0.4) is 0 Å². The average molecular weight is 842 g/mol. The predicted octanol–water partition coefficient (Wildman–Crippen LogP) is 13.6. The molecular formula is C51H109N4O4+. The maximum Gasteiger partial charge on any atom is 0.293 e. The van der Waals surface area contributed by atoms with Crippen LogP contribution in [0.1, 0.15) is 246 Å². The third-order valence-electron chi connectivity index (χ3n) is 10.8. The summed E-state index contributed by atoms with van der Waals surface area (Å²) < 4.78 is 11.1. The highest BCUT2D eigenvalue weighted by Crippen LogP contribution is 2.21. The minimum Gasteiger partial charge on any atom is -0.495 e. The fraction of sp³-hybridized carbons (Fsp3) is 0.902. The van der Waals surface area contributed by atoms with Gasteiger partial charge in [0.05, 0.1) is 18.5 Å². The zero-order valence-corrected chi connectivity index (χ0v) is 41.0. The standard InChI is InChI=1S/C38H78N2O.C10H20O2.C2H5NO.CH5N/c1-6-9-12-15-20-25-31-38(32-26-21-16-13-10-7-2)41-37(4)30-24-19-18-23-28-35-40(36-29-33-39-5)34-27-22-17-14-11-8-3;1-2-3-4-5-6-7-8-9-12-10-11;1-2-3-4;1-2/h38-39H,4,6-36H2,1-3,5H3;10H,2-9H2,1H3;2-4H,1H2;2H2,1H3/p+1. The number of hydrogen-bond acceptors (Lipinski definition) is 7. The maximum absolute atomic E-state index is 9.76. The number of rotatable bonds is 45. The third kappa shape index (κ3) is 63.3. The Morgan fingerprint density at radius 3 is 1.36 bits per heavy atom. The van der Waals surface area contributed by atoms with Crippen LogP contribution >= 0.6 is 0 Å². The molecule has 59 heavy (non-hydrogen) atoms. The van der Waals surface area contributed by atoms with E-state index in [0.717, 1.165) is 30.6 Å². The first-order valence-electron chi connectivity index (χ1n) is 25.4. The van der Waals surface area contributed by atoms with Gasteiger partial charge < -0.3 is 25.4 Å². The van der Waals surface area contributed by atoms with Gasteiger partial charge in [0.2, 0.25) is 0 Å². The first-order chi connectivity index (χ1) is 29.0. The van der Waals surface area contributed by atoms with E-state index in [1.807, 2.05) is 0 Å². The lowest BCUT2D eigenvalue weighted by Gasteiger charge is -2.22. The van der Waals surface area contributed by atoms with Crippen molar-refractivity contribution in [1.29, 1.82) is 0 Å². The van der Waals surface area contributed by atoms with Gasteiger partial charge in [-0.1, -0.05) is 188 Å². The third-order valence-corrected chi connectivity index (χ3v) is 10.8. The first kappa shape index (κ1) is 64.2. The number of quaternary nitrogens is 1. The van der Waals surface area contributed by atoms with Gasteiger partial charge >= 0.3 is 0 Å². The molecule has 0 aliphatic rings. The molecule has 0 amide bonds. The lowest BCUT2D eigenvalue weighted by atomic mass is 10.0. The molecule has 0 heterocycles. The van der Waals surface area contributed by atoms with Crippen molar-refractivity contribution in [2.24, 2.45) is 5.73 Å². The summed E-state index contributed by atoms with van der Waals surface area (Å²) in [7, 11) is 3.57. The number of unbranched alkanes of at least 4 members (excludes halogenated alkanes) is 25. The van der Waals surface area contributed by atoms with Crippen LogP contribution in [-0.4, -0.2) is 69.6 Å². The number of nitrogens with two attached hydrogens (primary N) is 2. The molecule has 0 radical (unpaired) electrons. The molecule has 0 spiro atoms. The normalized spacial score (nSPS) is 10.6. The van der Waals surface area contributed by atoms with Crippen molar-refractivity contribution in [3.05, 3.63) is 25.1 Å². The number of nitrogens with zero attached hydrogens (tertiary/aromatic N) is 1. The van der Waals surface area contributed by atoms with Gasteiger partial charge in [0, 0.05) is 6.42 Å². The Morgan fingerprint density at radius 1 is 0.610 bits per heavy atom. The van der Waals surface area contributed by atoms with Crippen LogP contribution in [0.2, 0.25) is 0 Å². The number of carbonyl (C=O) groups excluding carboxylic acids is 1.